The van der Waals surface area contributed by atoms with Crippen LogP contribution < -0.4 is 0 Å². The first kappa shape index (κ1) is 13.3. The maximum Gasteiger partial charge on any atom is 0.160 e. The normalized spacial score (nSPS) is 10.4. The minimum absolute atomic E-state index is 0.0280. The SMILES string of the molecule is CC(=O)c1ccc(Sc2ccc(F)cc2)cc1Br. The first-order chi connectivity index (χ1) is 8.56. The molecule has 92 valence electrons. The molecule has 0 aliphatic heterocycles. The minimum atomic E-state index is -0.243. The molecule has 0 aliphatic carbocycles. The summed E-state index contributed by atoms with van der Waals surface area (Å²) in [6.07, 6.45) is 0. The Labute approximate surface area is 118 Å². The molecule has 0 aliphatic rings. The van der Waals surface area contributed by atoms with Gasteiger partial charge < -0.3 is 0 Å². The van der Waals surface area contributed by atoms with Gasteiger partial charge >= 0.3 is 0 Å². The van der Waals surface area contributed by atoms with Crippen LogP contribution >= 0.6 is 27.7 Å². The van der Waals surface area contributed by atoms with E-state index in [4.69, 9.17) is 0 Å². The van der Waals surface area contributed by atoms with Crippen molar-refractivity contribution in [3.05, 3.63) is 58.3 Å². The van der Waals surface area contributed by atoms with E-state index in [9.17, 15) is 9.18 Å². The minimum Gasteiger partial charge on any atom is -0.294 e. The molecule has 2 rings (SSSR count). The largest absolute Gasteiger partial charge is 0.294 e. The zero-order valence-corrected chi connectivity index (χ0v) is 12.0. The molecule has 0 saturated heterocycles. The number of halogens is 2. The number of Topliss-reactive ketones (excluding diaryl/α,β-unsaturated/α-hetero) is 1. The van der Waals surface area contributed by atoms with E-state index in [0.29, 0.717) is 5.56 Å². The van der Waals surface area contributed by atoms with Gasteiger partial charge in [0.1, 0.15) is 5.82 Å². The number of benzene rings is 2. The number of hydrogen-bond acceptors (Lipinski definition) is 2. The lowest BCUT2D eigenvalue weighted by Crippen LogP contribution is -1.93. The van der Waals surface area contributed by atoms with Gasteiger partial charge in [-0.1, -0.05) is 27.7 Å². The van der Waals surface area contributed by atoms with Crippen molar-refractivity contribution < 1.29 is 9.18 Å². The second kappa shape index (κ2) is 5.67. The van der Waals surface area contributed by atoms with Crippen molar-refractivity contribution in [2.45, 2.75) is 16.7 Å². The maximum absolute atomic E-state index is 12.8. The summed E-state index contributed by atoms with van der Waals surface area (Å²) < 4.78 is 13.6. The van der Waals surface area contributed by atoms with Crippen LogP contribution in [0.5, 0.6) is 0 Å². The molecule has 0 bridgehead atoms. The van der Waals surface area contributed by atoms with Crippen molar-refractivity contribution in [3.8, 4) is 0 Å². The molecule has 0 N–H and O–H groups in total. The average molecular weight is 325 g/mol. The fourth-order valence-electron chi connectivity index (χ4n) is 1.48. The molecule has 0 saturated carbocycles. The Morgan fingerprint density at radius 2 is 1.72 bits per heavy atom. The van der Waals surface area contributed by atoms with E-state index in [1.165, 1.54) is 30.8 Å². The molecule has 2 aromatic rings. The van der Waals surface area contributed by atoms with E-state index in [1.807, 2.05) is 12.1 Å². The molecular formula is C14H10BrFOS. The summed E-state index contributed by atoms with van der Waals surface area (Å²) in [5, 5.41) is 0. The molecule has 1 nitrogen and oxygen atoms in total. The zero-order chi connectivity index (χ0) is 13.1. The second-order valence-electron chi connectivity index (χ2n) is 3.75. The van der Waals surface area contributed by atoms with E-state index in [-0.39, 0.29) is 11.6 Å². The smallest absolute Gasteiger partial charge is 0.160 e. The van der Waals surface area contributed by atoms with Crippen LogP contribution in [0.2, 0.25) is 0 Å². The molecule has 18 heavy (non-hydrogen) atoms. The highest BCUT2D eigenvalue weighted by Gasteiger charge is 2.06. The van der Waals surface area contributed by atoms with E-state index in [2.05, 4.69) is 15.9 Å². The molecule has 2 aromatic carbocycles. The predicted octanol–water partition coefficient (Wildman–Crippen LogP) is 4.94. The highest BCUT2D eigenvalue weighted by Crippen LogP contribution is 2.31. The van der Waals surface area contributed by atoms with E-state index < -0.39 is 0 Å². The van der Waals surface area contributed by atoms with E-state index >= 15 is 0 Å². The summed E-state index contributed by atoms with van der Waals surface area (Å²) in [5.41, 5.74) is 0.665. The van der Waals surface area contributed by atoms with Gasteiger partial charge in [0.15, 0.2) is 5.78 Å². The lowest BCUT2D eigenvalue weighted by atomic mass is 10.2. The van der Waals surface area contributed by atoms with Gasteiger partial charge in [-0.2, -0.15) is 0 Å². The number of carbonyl (C=O) groups is 1. The van der Waals surface area contributed by atoms with Gasteiger partial charge in [0.05, 0.1) is 0 Å². The van der Waals surface area contributed by atoms with E-state index in [0.717, 1.165) is 14.3 Å². The van der Waals surface area contributed by atoms with Crippen molar-refractivity contribution in [1.82, 2.24) is 0 Å². The monoisotopic (exact) mass is 324 g/mol. The topological polar surface area (TPSA) is 17.1 Å². The van der Waals surface area contributed by atoms with Crippen molar-refractivity contribution in [1.29, 1.82) is 0 Å². The van der Waals surface area contributed by atoms with Gasteiger partial charge in [0, 0.05) is 19.8 Å². The standard InChI is InChI=1S/C14H10BrFOS/c1-9(17)13-7-6-12(8-14(13)15)18-11-4-2-10(16)3-5-11/h2-8H,1H3. The van der Waals surface area contributed by atoms with Gasteiger partial charge in [0.2, 0.25) is 0 Å². The van der Waals surface area contributed by atoms with Crippen LogP contribution in [0.25, 0.3) is 0 Å². The van der Waals surface area contributed by atoms with Crippen LogP contribution in [0.15, 0.2) is 56.7 Å². The number of hydrogen-bond donors (Lipinski definition) is 0. The Bertz CT molecular complexity index is 581. The number of carbonyl (C=O) groups excluding carboxylic acids is 1. The Kier molecular flexibility index (Phi) is 4.19. The molecule has 0 amide bonds. The third kappa shape index (κ3) is 3.21. The van der Waals surface area contributed by atoms with Crippen LogP contribution in [0.4, 0.5) is 4.39 Å². The second-order valence-corrected chi connectivity index (χ2v) is 5.76. The van der Waals surface area contributed by atoms with Crippen LogP contribution in [-0.2, 0) is 0 Å². The molecular weight excluding hydrogens is 315 g/mol. The molecule has 0 spiro atoms. The van der Waals surface area contributed by atoms with Gasteiger partial charge in [-0.25, -0.2) is 4.39 Å². The van der Waals surface area contributed by atoms with E-state index in [1.54, 1.807) is 18.2 Å². The molecule has 0 radical (unpaired) electrons. The van der Waals surface area contributed by atoms with Crippen LogP contribution in [-0.4, -0.2) is 5.78 Å². The molecule has 0 heterocycles. The Hall–Kier alpha value is -1.13. The fraction of sp³-hybridized carbons (Fsp3) is 0.0714. The Morgan fingerprint density at radius 3 is 2.28 bits per heavy atom. The summed E-state index contributed by atoms with van der Waals surface area (Å²) >= 11 is 4.90. The van der Waals surface area contributed by atoms with Gasteiger partial charge in [-0.3, -0.25) is 4.79 Å². The lowest BCUT2D eigenvalue weighted by molar-refractivity contribution is 0.101. The molecule has 0 aromatic heterocycles. The fourth-order valence-corrected chi connectivity index (χ4v) is 3.15. The third-order valence-corrected chi connectivity index (χ3v) is 4.02. The third-order valence-electron chi connectivity index (χ3n) is 2.37. The summed E-state index contributed by atoms with van der Waals surface area (Å²) in [6, 6.07) is 11.9. The summed E-state index contributed by atoms with van der Waals surface area (Å²) in [5.74, 6) is -0.215. The Morgan fingerprint density at radius 1 is 1.11 bits per heavy atom. The molecule has 0 atom stereocenters. The quantitative estimate of drug-likeness (QED) is 0.744. The Balaban J connectivity index is 2.22. The van der Waals surface area contributed by atoms with Crippen LogP contribution in [0.1, 0.15) is 17.3 Å². The molecule has 4 heteroatoms. The first-order valence-electron chi connectivity index (χ1n) is 5.30. The highest BCUT2D eigenvalue weighted by atomic mass is 79.9. The van der Waals surface area contributed by atoms with Crippen molar-refractivity contribution in [3.63, 3.8) is 0 Å². The van der Waals surface area contributed by atoms with Gasteiger partial charge in [-0.15, -0.1) is 0 Å². The lowest BCUT2D eigenvalue weighted by Gasteiger charge is -2.05. The maximum atomic E-state index is 12.8. The van der Waals surface area contributed by atoms with Crippen molar-refractivity contribution in [2.75, 3.05) is 0 Å². The number of ketones is 1. The van der Waals surface area contributed by atoms with Crippen molar-refractivity contribution >= 4 is 33.5 Å². The number of rotatable bonds is 3. The summed E-state index contributed by atoms with van der Waals surface area (Å²) in [7, 11) is 0. The summed E-state index contributed by atoms with van der Waals surface area (Å²) in [6.45, 7) is 1.53. The highest BCUT2D eigenvalue weighted by molar-refractivity contribution is 9.10. The van der Waals surface area contributed by atoms with Crippen LogP contribution in [0.3, 0.4) is 0 Å². The van der Waals surface area contributed by atoms with Crippen molar-refractivity contribution in [2.24, 2.45) is 0 Å². The summed E-state index contributed by atoms with van der Waals surface area (Å²) in [4.78, 5) is 13.3. The zero-order valence-electron chi connectivity index (χ0n) is 9.61. The molecule has 0 fully saturated rings. The van der Waals surface area contributed by atoms with Gasteiger partial charge in [-0.05, 0) is 49.4 Å². The average Bonchev–Trinajstić information content (AvgIpc) is 2.32. The molecule has 0 unspecified atom stereocenters. The van der Waals surface area contributed by atoms with Crippen LogP contribution in [0, 0.1) is 5.82 Å². The van der Waals surface area contributed by atoms with Gasteiger partial charge in [0.25, 0.3) is 0 Å². The first-order valence-corrected chi connectivity index (χ1v) is 6.91. The predicted molar refractivity (Wildman–Crippen MR) is 74.7 cm³/mol.